The maximum Gasteiger partial charge on any atom is 0.270 e. The summed E-state index contributed by atoms with van der Waals surface area (Å²) in [5.74, 6) is -0.365. The highest BCUT2D eigenvalue weighted by Crippen LogP contribution is 2.30. The van der Waals surface area contributed by atoms with Crippen LogP contribution in [0.15, 0.2) is 28.2 Å². The molecular formula is C12H8BrFN2OS. The molecular weight excluding hydrogens is 319 g/mol. The van der Waals surface area contributed by atoms with Crippen molar-refractivity contribution in [1.82, 2.24) is 4.98 Å². The number of benzene rings is 1. The molecule has 0 unspecified atom stereocenters. The Morgan fingerprint density at radius 2 is 2.06 bits per heavy atom. The van der Waals surface area contributed by atoms with Crippen LogP contribution in [-0.2, 0) is 6.42 Å². The zero-order chi connectivity index (χ0) is 12.7. The number of rotatable bonds is 1. The van der Waals surface area contributed by atoms with Gasteiger partial charge in [-0.2, -0.15) is 0 Å². The van der Waals surface area contributed by atoms with Crippen LogP contribution in [0.4, 0.5) is 10.1 Å². The standard InChI is InChI=1S/C12H8BrFN2OS/c13-12-15-9-5-6-16(11(17)10(9)18-12)8-3-1-7(14)2-4-8/h1-4H,5-6H2. The van der Waals surface area contributed by atoms with Gasteiger partial charge >= 0.3 is 0 Å². The average Bonchev–Trinajstić information content (AvgIpc) is 2.73. The molecule has 0 saturated heterocycles. The van der Waals surface area contributed by atoms with E-state index in [1.165, 1.54) is 23.5 Å². The largest absolute Gasteiger partial charge is 0.307 e. The van der Waals surface area contributed by atoms with Crippen LogP contribution in [0.1, 0.15) is 15.4 Å². The lowest BCUT2D eigenvalue weighted by molar-refractivity contribution is 0.0984. The second-order valence-corrected chi connectivity index (χ2v) is 6.20. The van der Waals surface area contributed by atoms with Crippen LogP contribution in [0.3, 0.4) is 0 Å². The van der Waals surface area contributed by atoms with Gasteiger partial charge in [0, 0.05) is 18.7 Å². The highest BCUT2D eigenvalue weighted by Gasteiger charge is 2.28. The summed E-state index contributed by atoms with van der Waals surface area (Å²) in [5.41, 5.74) is 1.56. The number of aromatic nitrogens is 1. The molecule has 1 aliphatic heterocycles. The van der Waals surface area contributed by atoms with Crippen molar-refractivity contribution in [1.29, 1.82) is 0 Å². The van der Waals surface area contributed by atoms with Gasteiger partial charge in [0.2, 0.25) is 0 Å². The van der Waals surface area contributed by atoms with E-state index in [-0.39, 0.29) is 11.7 Å². The molecule has 6 heteroatoms. The van der Waals surface area contributed by atoms with Crippen molar-refractivity contribution in [3.63, 3.8) is 0 Å². The summed E-state index contributed by atoms with van der Waals surface area (Å²) in [6.45, 7) is 0.577. The van der Waals surface area contributed by atoms with Gasteiger partial charge in [0.15, 0.2) is 3.92 Å². The van der Waals surface area contributed by atoms with Crippen LogP contribution in [0, 0.1) is 5.82 Å². The van der Waals surface area contributed by atoms with Crippen molar-refractivity contribution < 1.29 is 9.18 Å². The van der Waals surface area contributed by atoms with Crippen LogP contribution in [-0.4, -0.2) is 17.4 Å². The first-order valence-corrected chi connectivity index (χ1v) is 6.99. The van der Waals surface area contributed by atoms with Crippen LogP contribution in [0.25, 0.3) is 0 Å². The number of halogens is 2. The molecule has 3 rings (SSSR count). The topological polar surface area (TPSA) is 33.2 Å². The third-order valence-corrected chi connectivity index (χ3v) is 4.36. The molecule has 0 radical (unpaired) electrons. The van der Waals surface area contributed by atoms with E-state index in [1.807, 2.05) is 0 Å². The summed E-state index contributed by atoms with van der Waals surface area (Å²) in [6.07, 6.45) is 0.723. The van der Waals surface area contributed by atoms with Crippen LogP contribution in [0.5, 0.6) is 0 Å². The monoisotopic (exact) mass is 326 g/mol. The van der Waals surface area contributed by atoms with Gasteiger partial charge in [-0.05, 0) is 40.2 Å². The zero-order valence-corrected chi connectivity index (χ0v) is 11.6. The van der Waals surface area contributed by atoms with Crippen molar-refractivity contribution in [2.45, 2.75) is 6.42 Å². The minimum absolute atomic E-state index is 0.0638. The van der Waals surface area contributed by atoms with E-state index in [0.717, 1.165) is 21.7 Å². The lowest BCUT2D eigenvalue weighted by Gasteiger charge is -2.25. The summed E-state index contributed by atoms with van der Waals surface area (Å²) < 4.78 is 13.6. The first-order chi connectivity index (χ1) is 8.65. The van der Waals surface area contributed by atoms with E-state index < -0.39 is 0 Å². The van der Waals surface area contributed by atoms with Gasteiger partial charge in [-0.15, -0.1) is 11.3 Å². The molecule has 2 aromatic rings. The van der Waals surface area contributed by atoms with Crippen molar-refractivity contribution in [3.05, 3.63) is 44.6 Å². The molecule has 0 bridgehead atoms. The summed E-state index contributed by atoms with van der Waals surface area (Å²) in [4.78, 5) is 18.9. The van der Waals surface area contributed by atoms with Gasteiger partial charge in [-0.1, -0.05) is 0 Å². The quantitative estimate of drug-likeness (QED) is 0.806. The van der Waals surface area contributed by atoms with Gasteiger partial charge in [-0.25, -0.2) is 9.37 Å². The van der Waals surface area contributed by atoms with Crippen molar-refractivity contribution in [2.24, 2.45) is 0 Å². The molecule has 18 heavy (non-hydrogen) atoms. The number of nitrogens with zero attached hydrogens (tertiary/aromatic N) is 2. The number of hydrogen-bond donors (Lipinski definition) is 0. The Kier molecular flexibility index (Phi) is 2.91. The number of carbonyl (C=O) groups excluding carboxylic acids is 1. The molecule has 0 spiro atoms. The fourth-order valence-electron chi connectivity index (χ4n) is 1.97. The Morgan fingerprint density at radius 1 is 1.33 bits per heavy atom. The second kappa shape index (κ2) is 4.44. The molecule has 1 aliphatic rings. The third kappa shape index (κ3) is 1.95. The number of amides is 1. The molecule has 1 aromatic heterocycles. The van der Waals surface area contributed by atoms with Crippen molar-refractivity contribution >= 4 is 38.9 Å². The molecule has 0 atom stereocenters. The summed E-state index contributed by atoms with van der Waals surface area (Å²) in [6, 6.07) is 5.96. The molecule has 0 aliphatic carbocycles. The summed E-state index contributed by atoms with van der Waals surface area (Å²) in [7, 11) is 0. The Balaban J connectivity index is 1.97. The zero-order valence-electron chi connectivity index (χ0n) is 9.19. The fraction of sp³-hybridized carbons (Fsp3) is 0.167. The van der Waals surface area contributed by atoms with Gasteiger partial charge in [0.25, 0.3) is 5.91 Å². The van der Waals surface area contributed by atoms with Crippen molar-refractivity contribution in [2.75, 3.05) is 11.4 Å². The Bertz CT molecular complexity index is 611. The SMILES string of the molecule is O=C1c2sc(Br)nc2CCN1c1ccc(F)cc1. The summed E-state index contributed by atoms with van der Waals surface area (Å²) in [5, 5.41) is 0. The lowest BCUT2D eigenvalue weighted by Crippen LogP contribution is -2.36. The number of hydrogen-bond acceptors (Lipinski definition) is 3. The highest BCUT2D eigenvalue weighted by molar-refractivity contribution is 9.11. The average molecular weight is 327 g/mol. The number of carbonyl (C=O) groups is 1. The predicted molar refractivity (Wildman–Crippen MR) is 71.6 cm³/mol. The number of anilines is 1. The van der Waals surface area contributed by atoms with Gasteiger partial charge < -0.3 is 4.90 Å². The molecule has 1 amide bonds. The highest BCUT2D eigenvalue weighted by atomic mass is 79.9. The molecule has 0 fully saturated rings. The molecule has 2 heterocycles. The van der Waals surface area contributed by atoms with Crippen LogP contribution < -0.4 is 4.90 Å². The minimum Gasteiger partial charge on any atom is -0.307 e. The number of fused-ring (bicyclic) bond motifs is 1. The van der Waals surface area contributed by atoms with Gasteiger partial charge in [-0.3, -0.25) is 4.79 Å². The van der Waals surface area contributed by atoms with Crippen LogP contribution in [0.2, 0.25) is 0 Å². The third-order valence-electron chi connectivity index (χ3n) is 2.82. The maximum atomic E-state index is 12.9. The molecule has 3 nitrogen and oxygen atoms in total. The maximum absolute atomic E-state index is 12.9. The molecule has 0 saturated carbocycles. The lowest BCUT2D eigenvalue weighted by atomic mass is 10.1. The first-order valence-electron chi connectivity index (χ1n) is 5.38. The first kappa shape index (κ1) is 11.8. The molecule has 0 N–H and O–H groups in total. The van der Waals surface area contributed by atoms with E-state index in [4.69, 9.17) is 0 Å². The summed E-state index contributed by atoms with van der Waals surface area (Å²) >= 11 is 4.63. The van der Waals surface area contributed by atoms with E-state index >= 15 is 0 Å². The van der Waals surface area contributed by atoms with Crippen LogP contribution >= 0.6 is 27.3 Å². The van der Waals surface area contributed by atoms with Gasteiger partial charge in [0.05, 0.1) is 5.69 Å². The second-order valence-electron chi connectivity index (χ2n) is 3.93. The smallest absolute Gasteiger partial charge is 0.270 e. The number of thiazole rings is 1. The minimum atomic E-state index is -0.301. The fourth-order valence-corrected chi connectivity index (χ4v) is 3.46. The van der Waals surface area contributed by atoms with E-state index in [1.54, 1.807) is 17.0 Å². The molecule has 92 valence electrons. The molecule has 1 aromatic carbocycles. The predicted octanol–water partition coefficient (Wildman–Crippen LogP) is 3.25. The van der Waals surface area contributed by atoms with E-state index in [2.05, 4.69) is 20.9 Å². The Labute approximate surface area is 115 Å². The van der Waals surface area contributed by atoms with Crippen molar-refractivity contribution in [3.8, 4) is 0 Å². The Hall–Kier alpha value is -1.27. The normalized spacial score (nSPS) is 14.8. The van der Waals surface area contributed by atoms with E-state index in [9.17, 15) is 9.18 Å². The van der Waals surface area contributed by atoms with Gasteiger partial charge in [0.1, 0.15) is 10.7 Å². The van der Waals surface area contributed by atoms with E-state index in [0.29, 0.717) is 11.4 Å². The Morgan fingerprint density at radius 3 is 2.78 bits per heavy atom.